The summed E-state index contributed by atoms with van der Waals surface area (Å²) in [6, 6.07) is 0. The Morgan fingerprint density at radius 2 is 1.00 bits per heavy atom. The molecular weight excluding hydrogens is 482 g/mol. The van der Waals surface area contributed by atoms with Gasteiger partial charge in [-0.3, -0.25) is 0 Å². The second kappa shape index (κ2) is 22.2. The number of hydrogen-bond donors (Lipinski definition) is 1. The predicted molar refractivity (Wildman–Crippen MR) is 50.6 cm³/mol. The summed E-state index contributed by atoms with van der Waals surface area (Å²) in [5.74, 6) is 0. The molecule has 0 aliphatic heterocycles. The van der Waals surface area contributed by atoms with E-state index in [2.05, 4.69) is 30.5 Å². The summed E-state index contributed by atoms with van der Waals surface area (Å²) in [7, 11) is 0. The van der Waals surface area contributed by atoms with Crippen LogP contribution >= 0.6 is 13.4 Å². The second-order valence-corrected chi connectivity index (χ2v) is 6.44. The number of aliphatic hydroxyl groups excluding tert-OH is 1. The number of hydrogen-bond acceptors (Lipinski definition) is 9. The van der Waals surface area contributed by atoms with Gasteiger partial charge in [-0.05, 0) is 6.42 Å². The van der Waals surface area contributed by atoms with Crippen LogP contribution in [0.2, 0.25) is 0 Å². The summed E-state index contributed by atoms with van der Waals surface area (Å²) in [5, 5.41) is 8.07. The van der Waals surface area contributed by atoms with Gasteiger partial charge in [0.05, 0.1) is 0 Å². The van der Waals surface area contributed by atoms with E-state index >= 15 is 0 Å². The van der Waals surface area contributed by atoms with Crippen LogP contribution < -0.4 is 29.4 Å². The van der Waals surface area contributed by atoms with Crippen LogP contribution in [0.25, 0.3) is 0 Å². The van der Waals surface area contributed by atoms with E-state index in [1.807, 2.05) is 0 Å². The molecule has 0 fully saturated rings. The van der Waals surface area contributed by atoms with E-state index in [0.29, 0.717) is 6.61 Å². The zero-order valence-electron chi connectivity index (χ0n) is 9.85. The Balaban J connectivity index is -0.0000000277. The van der Waals surface area contributed by atoms with E-state index in [9.17, 15) is 0 Å². The van der Waals surface area contributed by atoms with Crippen LogP contribution in [0.4, 0.5) is 0 Å². The standard InChI is InChI=1S/C4H10O.2H3O3PS.3Zn/c1-2-3-4-5;2*1-4(2,3)5;;;/h5H,2-4H2,1H3;2*(H3,1,2,3,5);;;/q;;;3*+2/p-6. The smallest absolute Gasteiger partial charge is 0.844 e. The van der Waals surface area contributed by atoms with Gasteiger partial charge in [0.1, 0.15) is 0 Å². The maximum absolute atomic E-state index is 8.92. The first-order valence-electron chi connectivity index (χ1n) is 3.48. The summed E-state index contributed by atoms with van der Waals surface area (Å²) in [6.45, 7) is -6.72. The Bertz CT molecular complexity index is 184. The minimum atomic E-state index is -4.56. The van der Waals surface area contributed by atoms with Gasteiger partial charge in [0.25, 0.3) is 0 Å². The van der Waals surface area contributed by atoms with Crippen molar-refractivity contribution >= 4 is 37.1 Å². The molecule has 7 nitrogen and oxygen atoms in total. The zero-order valence-corrected chi connectivity index (χ0v) is 22.2. The topological polar surface area (TPSA) is 159 Å². The molecule has 0 aliphatic rings. The summed E-state index contributed by atoms with van der Waals surface area (Å²) in [5.41, 5.74) is 0. The molecule has 18 heavy (non-hydrogen) atoms. The Labute approximate surface area is 155 Å². The first kappa shape index (κ1) is 37.3. The Morgan fingerprint density at radius 1 is 0.833 bits per heavy atom. The molecule has 0 unspecified atom stereocenters. The fraction of sp³-hybridized carbons (Fsp3) is 1.00. The molecule has 0 aromatic rings. The summed E-state index contributed by atoms with van der Waals surface area (Å²) in [4.78, 5) is 53.5. The molecule has 0 aliphatic carbocycles. The van der Waals surface area contributed by atoms with Crippen molar-refractivity contribution in [2.45, 2.75) is 19.8 Å². The molecule has 0 atom stereocenters. The number of rotatable bonds is 2. The number of aliphatic hydroxyl groups is 1. The van der Waals surface area contributed by atoms with Gasteiger partial charge < -0.3 is 47.9 Å². The monoisotopic (exact) mass is 488 g/mol. The third-order valence-electron chi connectivity index (χ3n) is 0.512. The molecule has 0 bridgehead atoms. The van der Waals surface area contributed by atoms with Crippen LogP contribution in [0, 0.1) is 0 Å². The first-order chi connectivity index (χ1) is 6.41. The molecule has 96 valence electrons. The van der Waals surface area contributed by atoms with Gasteiger partial charge in [0.2, 0.25) is 0 Å². The fourth-order valence-corrected chi connectivity index (χ4v) is 0.158. The molecule has 0 rings (SSSR count). The molecule has 14 heteroatoms. The molecule has 0 aromatic carbocycles. The minimum absolute atomic E-state index is 0. The Kier molecular flexibility index (Phi) is 45.9. The third kappa shape index (κ3) is 253. The molecule has 0 aromatic heterocycles. The van der Waals surface area contributed by atoms with Crippen molar-refractivity contribution < 1.29 is 92.9 Å². The average Bonchev–Trinajstić information content (AvgIpc) is 1.80. The first-order valence-corrected chi connectivity index (χ1v) is 8.60. The third-order valence-corrected chi connectivity index (χ3v) is 0.512. The van der Waals surface area contributed by atoms with E-state index in [1.165, 1.54) is 0 Å². The fourth-order valence-electron chi connectivity index (χ4n) is 0.158. The van der Waals surface area contributed by atoms with Gasteiger partial charge in [-0.2, -0.15) is 23.6 Å². The molecule has 0 heterocycles. The molecule has 1 N–H and O–H groups in total. The van der Waals surface area contributed by atoms with Crippen molar-refractivity contribution in [2.24, 2.45) is 0 Å². The van der Waals surface area contributed by atoms with Gasteiger partial charge in [-0.15, -0.1) is 0 Å². The van der Waals surface area contributed by atoms with Gasteiger partial charge in [0.15, 0.2) is 0 Å². The van der Waals surface area contributed by atoms with Crippen molar-refractivity contribution in [1.29, 1.82) is 0 Å². The molecule has 0 amide bonds. The van der Waals surface area contributed by atoms with E-state index in [-0.39, 0.29) is 58.4 Å². The van der Waals surface area contributed by atoms with E-state index in [1.54, 1.807) is 0 Å². The molecular formula is C4H10O7P2S2Zn3. The van der Waals surface area contributed by atoms with E-state index in [0.717, 1.165) is 12.8 Å². The summed E-state index contributed by atoms with van der Waals surface area (Å²) in [6.07, 6.45) is 2.04. The summed E-state index contributed by atoms with van der Waals surface area (Å²) >= 11 is 6.54. The van der Waals surface area contributed by atoms with E-state index < -0.39 is 13.4 Å². The van der Waals surface area contributed by atoms with Gasteiger partial charge in [-0.25, -0.2) is 0 Å². The van der Waals surface area contributed by atoms with Crippen molar-refractivity contribution in [2.75, 3.05) is 6.61 Å². The molecule has 0 saturated carbocycles. The van der Waals surface area contributed by atoms with E-state index in [4.69, 9.17) is 34.5 Å². The normalized spacial score (nSPS) is 8.89. The van der Waals surface area contributed by atoms with Crippen LogP contribution in [0.1, 0.15) is 19.8 Å². The maximum atomic E-state index is 8.92. The van der Waals surface area contributed by atoms with Crippen LogP contribution in [0.15, 0.2) is 0 Å². The number of unbranched alkanes of at least 4 members (excludes halogenated alkanes) is 1. The second-order valence-electron chi connectivity index (χ2n) is 1.97. The minimum Gasteiger partial charge on any atom is -0.844 e. The van der Waals surface area contributed by atoms with Crippen LogP contribution in [-0.2, 0) is 82.0 Å². The molecule has 0 radical (unpaired) electrons. The van der Waals surface area contributed by atoms with Crippen molar-refractivity contribution in [1.82, 2.24) is 0 Å². The van der Waals surface area contributed by atoms with Crippen molar-refractivity contribution in [3.63, 3.8) is 0 Å². The zero-order chi connectivity index (χ0) is 13.1. The van der Waals surface area contributed by atoms with Crippen molar-refractivity contribution in [3.05, 3.63) is 0 Å². The SMILES string of the molecule is CCCCO.[O-]P([O-])([O-])=S.[O-]P([O-])([O-])=S.[Zn+2].[Zn+2].[Zn+2]. The largest absolute Gasteiger partial charge is 2.00 e. The average molecular weight is 492 g/mol. The van der Waals surface area contributed by atoms with Gasteiger partial charge >= 0.3 is 58.4 Å². The quantitative estimate of drug-likeness (QED) is 0.296. The van der Waals surface area contributed by atoms with Crippen LogP contribution in [0.3, 0.4) is 0 Å². The van der Waals surface area contributed by atoms with Crippen LogP contribution in [0.5, 0.6) is 0 Å². The Morgan fingerprint density at radius 3 is 1.00 bits per heavy atom. The molecule has 0 saturated heterocycles. The summed E-state index contributed by atoms with van der Waals surface area (Å²) < 4.78 is 0. The maximum Gasteiger partial charge on any atom is 2.00 e. The van der Waals surface area contributed by atoms with Crippen molar-refractivity contribution in [3.8, 4) is 0 Å². The Hall–Kier alpha value is 2.89. The van der Waals surface area contributed by atoms with Gasteiger partial charge in [-0.1, -0.05) is 13.3 Å². The van der Waals surface area contributed by atoms with Crippen LogP contribution in [-0.4, -0.2) is 11.7 Å². The molecule has 0 spiro atoms. The van der Waals surface area contributed by atoms with Gasteiger partial charge in [0, 0.05) is 6.61 Å². The predicted octanol–water partition coefficient (Wildman–Crippen LogP) is -4.65.